The van der Waals surface area contributed by atoms with Crippen molar-refractivity contribution in [2.24, 2.45) is 5.92 Å². The van der Waals surface area contributed by atoms with Gasteiger partial charge in [0.2, 0.25) is 0 Å². The molecular weight excluding hydrogens is 236 g/mol. The summed E-state index contributed by atoms with van der Waals surface area (Å²) in [6.07, 6.45) is 12.6. The smallest absolute Gasteiger partial charge is 0.122 e. The summed E-state index contributed by atoms with van der Waals surface area (Å²) >= 11 is 0. The van der Waals surface area contributed by atoms with Crippen LogP contribution in [0.2, 0.25) is 0 Å². The molecule has 0 amide bonds. The van der Waals surface area contributed by atoms with Crippen molar-refractivity contribution in [3.8, 4) is 12.3 Å². The predicted octanol–water partition coefficient (Wildman–Crippen LogP) is 2.38. The average molecular weight is 258 g/mol. The lowest BCUT2D eigenvalue weighted by Crippen LogP contribution is -2.26. The molecule has 0 bridgehead atoms. The molecule has 0 unspecified atom stereocenters. The highest BCUT2D eigenvalue weighted by atomic mass is 16.3. The molecule has 0 atom stereocenters. The van der Waals surface area contributed by atoms with Gasteiger partial charge in [0.25, 0.3) is 0 Å². The van der Waals surface area contributed by atoms with Crippen molar-refractivity contribution in [3.05, 3.63) is 23.7 Å². The lowest BCUT2D eigenvalue weighted by Gasteiger charge is -2.18. The molecule has 0 radical (unpaired) electrons. The molecule has 0 spiro atoms. The average Bonchev–Trinajstić information content (AvgIpc) is 3.30. The minimum atomic E-state index is 0.715. The monoisotopic (exact) mass is 258 g/mol. The fourth-order valence-corrected chi connectivity index (χ4v) is 2.39. The largest absolute Gasteiger partial charge is 0.468 e. The molecule has 2 aliphatic rings. The van der Waals surface area contributed by atoms with E-state index < -0.39 is 0 Å². The first-order valence-electron chi connectivity index (χ1n) is 7.29. The molecule has 1 N–H and O–H groups in total. The predicted molar refractivity (Wildman–Crippen MR) is 75.4 cm³/mol. The summed E-state index contributed by atoms with van der Waals surface area (Å²) < 4.78 is 5.65. The van der Waals surface area contributed by atoms with Crippen LogP contribution < -0.4 is 5.32 Å². The van der Waals surface area contributed by atoms with E-state index in [0.717, 1.165) is 37.4 Å². The van der Waals surface area contributed by atoms with E-state index in [1.54, 1.807) is 6.26 Å². The summed E-state index contributed by atoms with van der Waals surface area (Å²) in [7, 11) is 0. The van der Waals surface area contributed by atoms with Crippen LogP contribution in [-0.4, -0.2) is 24.0 Å². The maximum absolute atomic E-state index is 5.65. The molecular formula is C16H22N2O. The third-order valence-electron chi connectivity index (χ3n) is 3.89. The van der Waals surface area contributed by atoms with E-state index in [9.17, 15) is 0 Å². The second-order valence-electron chi connectivity index (χ2n) is 5.84. The molecule has 1 aromatic heterocycles. The lowest BCUT2D eigenvalue weighted by molar-refractivity contribution is 0.260. The first kappa shape index (κ1) is 12.8. The van der Waals surface area contributed by atoms with Crippen molar-refractivity contribution in [3.63, 3.8) is 0 Å². The van der Waals surface area contributed by atoms with Crippen LogP contribution in [0.1, 0.15) is 37.0 Å². The maximum atomic E-state index is 5.65. The van der Waals surface area contributed by atoms with Crippen LogP contribution in [0, 0.1) is 18.3 Å². The second kappa shape index (κ2) is 5.81. The Kier molecular flexibility index (Phi) is 3.91. The highest BCUT2D eigenvalue weighted by Crippen LogP contribution is 2.30. The van der Waals surface area contributed by atoms with E-state index in [4.69, 9.17) is 10.8 Å². The molecule has 1 heterocycles. The maximum Gasteiger partial charge on any atom is 0.122 e. The van der Waals surface area contributed by atoms with Crippen LogP contribution in [0.25, 0.3) is 0 Å². The molecule has 2 saturated carbocycles. The van der Waals surface area contributed by atoms with Crippen LogP contribution in [0.4, 0.5) is 0 Å². The molecule has 102 valence electrons. The molecule has 19 heavy (non-hydrogen) atoms. The third-order valence-corrected chi connectivity index (χ3v) is 3.89. The fourth-order valence-electron chi connectivity index (χ4n) is 2.39. The molecule has 3 rings (SSSR count). The zero-order valence-corrected chi connectivity index (χ0v) is 11.4. The number of hydrogen-bond acceptors (Lipinski definition) is 3. The number of nitrogens with zero attached hydrogens (tertiary/aromatic N) is 1. The zero-order valence-electron chi connectivity index (χ0n) is 11.4. The third kappa shape index (κ3) is 3.86. The Balaban J connectivity index is 1.56. The van der Waals surface area contributed by atoms with Gasteiger partial charge in [-0.2, -0.15) is 0 Å². The van der Waals surface area contributed by atoms with Crippen molar-refractivity contribution >= 4 is 0 Å². The topological polar surface area (TPSA) is 28.4 Å². The van der Waals surface area contributed by atoms with Gasteiger partial charge in [-0.1, -0.05) is 5.92 Å². The zero-order chi connectivity index (χ0) is 13.1. The Morgan fingerprint density at radius 2 is 2.21 bits per heavy atom. The van der Waals surface area contributed by atoms with Crippen LogP contribution in [0.3, 0.4) is 0 Å². The summed E-state index contributed by atoms with van der Waals surface area (Å²) in [5, 5.41) is 3.54. The van der Waals surface area contributed by atoms with Crippen LogP contribution in [0.5, 0.6) is 0 Å². The molecule has 0 aromatic carbocycles. The number of terminal acetylenes is 1. The van der Waals surface area contributed by atoms with Crippen molar-refractivity contribution in [2.45, 2.75) is 44.8 Å². The van der Waals surface area contributed by atoms with Gasteiger partial charge in [-0.3, -0.25) is 4.90 Å². The van der Waals surface area contributed by atoms with Gasteiger partial charge in [0, 0.05) is 24.7 Å². The van der Waals surface area contributed by atoms with Gasteiger partial charge in [-0.15, -0.1) is 6.42 Å². The number of furan rings is 1. The Hall–Kier alpha value is -1.24. The highest BCUT2D eigenvalue weighted by molar-refractivity contribution is 5.17. The number of hydrogen-bond donors (Lipinski definition) is 1. The standard InChI is InChI=1S/C16H22N2O/c1-2-8-18(11-13-3-4-13)12-16-14(7-9-19-16)10-17-15-5-6-15/h1,7,9,13,15,17H,3-6,8,10-12H2. The van der Waals surface area contributed by atoms with Gasteiger partial charge >= 0.3 is 0 Å². The van der Waals surface area contributed by atoms with Crippen LogP contribution >= 0.6 is 0 Å². The summed E-state index contributed by atoms with van der Waals surface area (Å²) in [5.41, 5.74) is 1.28. The Morgan fingerprint density at radius 1 is 1.37 bits per heavy atom. The SMILES string of the molecule is C#CCN(Cc1occc1CNC1CC1)CC1CC1. The Morgan fingerprint density at radius 3 is 2.89 bits per heavy atom. The quantitative estimate of drug-likeness (QED) is 0.726. The van der Waals surface area contributed by atoms with Crippen molar-refractivity contribution in [1.29, 1.82) is 0 Å². The van der Waals surface area contributed by atoms with E-state index in [0.29, 0.717) is 6.54 Å². The van der Waals surface area contributed by atoms with E-state index in [2.05, 4.69) is 22.2 Å². The van der Waals surface area contributed by atoms with Gasteiger partial charge in [0.05, 0.1) is 19.4 Å². The molecule has 1 aromatic rings. The van der Waals surface area contributed by atoms with Gasteiger partial charge < -0.3 is 9.73 Å². The van der Waals surface area contributed by atoms with E-state index in [-0.39, 0.29) is 0 Å². The fraction of sp³-hybridized carbons (Fsp3) is 0.625. The number of nitrogens with one attached hydrogen (secondary N) is 1. The first-order chi connectivity index (χ1) is 9.35. The van der Waals surface area contributed by atoms with Crippen molar-refractivity contribution < 1.29 is 4.42 Å². The molecule has 2 aliphatic carbocycles. The van der Waals surface area contributed by atoms with Gasteiger partial charge in [-0.25, -0.2) is 0 Å². The minimum absolute atomic E-state index is 0.715. The second-order valence-corrected chi connectivity index (χ2v) is 5.84. The van der Waals surface area contributed by atoms with Crippen molar-refractivity contribution in [2.75, 3.05) is 13.1 Å². The van der Waals surface area contributed by atoms with Crippen molar-refractivity contribution in [1.82, 2.24) is 10.2 Å². The van der Waals surface area contributed by atoms with Gasteiger partial charge in [0.15, 0.2) is 0 Å². The highest BCUT2D eigenvalue weighted by Gasteiger charge is 2.25. The van der Waals surface area contributed by atoms with E-state index in [1.165, 1.54) is 31.2 Å². The van der Waals surface area contributed by atoms with E-state index in [1.807, 2.05) is 0 Å². The van der Waals surface area contributed by atoms with Gasteiger partial charge in [-0.05, 0) is 37.7 Å². The summed E-state index contributed by atoms with van der Waals surface area (Å²) in [5.74, 6) is 4.69. The summed E-state index contributed by atoms with van der Waals surface area (Å²) in [4.78, 5) is 2.33. The molecule has 0 aliphatic heterocycles. The first-order valence-corrected chi connectivity index (χ1v) is 7.29. The normalized spacial score (nSPS) is 18.7. The molecule has 2 fully saturated rings. The minimum Gasteiger partial charge on any atom is -0.468 e. The molecule has 3 nitrogen and oxygen atoms in total. The number of rotatable bonds is 8. The molecule has 0 saturated heterocycles. The Bertz CT molecular complexity index is 452. The summed E-state index contributed by atoms with van der Waals surface area (Å²) in [6, 6.07) is 2.81. The molecule has 3 heteroatoms. The lowest BCUT2D eigenvalue weighted by atomic mass is 10.2. The van der Waals surface area contributed by atoms with Gasteiger partial charge in [0.1, 0.15) is 5.76 Å². The van der Waals surface area contributed by atoms with Crippen LogP contribution in [-0.2, 0) is 13.1 Å². The summed E-state index contributed by atoms with van der Waals surface area (Å²) in [6.45, 7) is 3.59. The van der Waals surface area contributed by atoms with E-state index >= 15 is 0 Å². The van der Waals surface area contributed by atoms with Crippen LogP contribution in [0.15, 0.2) is 16.7 Å². The Labute approximate surface area is 115 Å².